The zero-order valence-corrected chi connectivity index (χ0v) is 17.4. The Bertz CT molecular complexity index is 1050. The maximum Gasteiger partial charge on any atom is 0.326 e. The van der Waals surface area contributed by atoms with Gasteiger partial charge in [0.1, 0.15) is 6.54 Å². The average molecular weight is 420 g/mol. The highest BCUT2D eigenvalue weighted by molar-refractivity contribution is 6.11. The maximum atomic E-state index is 12.6. The Hall–Kier alpha value is -3.48. The summed E-state index contributed by atoms with van der Waals surface area (Å²) in [5.74, 6) is -2.09. The van der Waals surface area contributed by atoms with Gasteiger partial charge >= 0.3 is 5.97 Å². The third-order valence-corrected chi connectivity index (χ3v) is 5.98. The van der Waals surface area contributed by atoms with Gasteiger partial charge in [-0.05, 0) is 42.0 Å². The summed E-state index contributed by atoms with van der Waals surface area (Å²) in [4.78, 5) is 52.3. The van der Waals surface area contributed by atoms with Crippen LogP contribution in [0.1, 0.15) is 45.9 Å². The average Bonchev–Trinajstić information content (AvgIpc) is 2.79. The van der Waals surface area contributed by atoms with Crippen molar-refractivity contribution in [3.05, 3.63) is 70.8 Å². The van der Waals surface area contributed by atoms with Crippen molar-refractivity contribution in [2.24, 2.45) is 0 Å². The first-order chi connectivity index (χ1) is 15.0. The Morgan fingerprint density at radius 3 is 2.58 bits per heavy atom. The molecule has 0 bridgehead atoms. The van der Waals surface area contributed by atoms with Crippen molar-refractivity contribution in [1.82, 2.24) is 9.80 Å². The number of fused-ring (bicyclic) bond motifs is 2. The number of rotatable bonds is 5. The molecule has 0 fully saturated rings. The molecule has 0 radical (unpaired) electrons. The highest BCUT2D eigenvalue weighted by Gasteiger charge is 2.33. The molecular weight excluding hydrogens is 396 g/mol. The number of imide groups is 1. The zero-order valence-electron chi connectivity index (χ0n) is 17.4. The molecule has 0 N–H and O–H groups in total. The number of hydrogen-bond acceptors (Lipinski definition) is 5. The minimum Gasteiger partial charge on any atom is -0.454 e. The molecule has 160 valence electrons. The predicted octanol–water partition coefficient (Wildman–Crippen LogP) is 2.29. The van der Waals surface area contributed by atoms with E-state index < -0.39 is 30.9 Å². The molecule has 7 nitrogen and oxygen atoms in total. The number of ether oxygens (including phenoxy) is 1. The molecule has 0 saturated carbocycles. The molecule has 4 rings (SSSR count). The highest BCUT2D eigenvalue weighted by Crippen LogP contribution is 2.33. The standard InChI is InChI=1S/C24H24N2O5/c1-25(20-12-6-9-16-7-2-4-10-18(16)20)22(28)15-31-23(29)14-26-21(27)13-17-8-3-5-11-19(17)24(26)30/h2-5,7-8,10-11,20H,6,9,12-15H2,1H3/t20-/m0/s1. The van der Waals surface area contributed by atoms with Crippen LogP contribution < -0.4 is 0 Å². The van der Waals surface area contributed by atoms with E-state index in [4.69, 9.17) is 4.74 Å². The van der Waals surface area contributed by atoms with Crippen molar-refractivity contribution in [3.8, 4) is 0 Å². The molecule has 31 heavy (non-hydrogen) atoms. The molecule has 3 amide bonds. The number of benzene rings is 2. The largest absolute Gasteiger partial charge is 0.454 e. The summed E-state index contributed by atoms with van der Waals surface area (Å²) < 4.78 is 5.11. The molecule has 0 aromatic heterocycles. The normalized spacial score (nSPS) is 17.6. The molecule has 0 saturated heterocycles. The molecule has 2 aliphatic rings. The Kier molecular flexibility index (Phi) is 5.84. The second-order valence-electron chi connectivity index (χ2n) is 7.89. The van der Waals surface area contributed by atoms with Gasteiger partial charge < -0.3 is 9.64 Å². The van der Waals surface area contributed by atoms with Crippen molar-refractivity contribution >= 4 is 23.7 Å². The molecule has 1 atom stereocenters. The minimum atomic E-state index is -0.785. The lowest BCUT2D eigenvalue weighted by molar-refractivity contribution is -0.154. The first-order valence-electron chi connectivity index (χ1n) is 10.4. The van der Waals surface area contributed by atoms with Crippen LogP contribution in [0.5, 0.6) is 0 Å². The minimum absolute atomic E-state index is 0.0535. The second-order valence-corrected chi connectivity index (χ2v) is 7.89. The number of carbonyl (C=O) groups excluding carboxylic acids is 4. The van der Waals surface area contributed by atoms with Gasteiger partial charge in [-0.3, -0.25) is 24.1 Å². The molecule has 1 aliphatic heterocycles. The quantitative estimate of drug-likeness (QED) is 0.547. The first kappa shape index (κ1) is 20.8. The Morgan fingerprint density at radius 2 is 1.77 bits per heavy atom. The summed E-state index contributed by atoms with van der Waals surface area (Å²) >= 11 is 0. The van der Waals surface area contributed by atoms with Gasteiger partial charge in [-0.15, -0.1) is 0 Å². The number of esters is 1. The third kappa shape index (κ3) is 4.21. The molecule has 0 spiro atoms. The van der Waals surface area contributed by atoms with E-state index in [9.17, 15) is 19.2 Å². The second kappa shape index (κ2) is 8.71. The lowest BCUT2D eigenvalue weighted by atomic mass is 9.87. The van der Waals surface area contributed by atoms with E-state index in [-0.39, 0.29) is 18.4 Å². The van der Waals surface area contributed by atoms with E-state index in [0.29, 0.717) is 11.1 Å². The van der Waals surface area contributed by atoms with E-state index in [2.05, 4.69) is 6.07 Å². The van der Waals surface area contributed by atoms with Crippen molar-refractivity contribution in [1.29, 1.82) is 0 Å². The van der Waals surface area contributed by atoms with E-state index in [1.54, 1.807) is 36.2 Å². The monoisotopic (exact) mass is 420 g/mol. The third-order valence-electron chi connectivity index (χ3n) is 5.98. The van der Waals surface area contributed by atoms with Crippen LogP contribution in [0, 0.1) is 0 Å². The fourth-order valence-electron chi connectivity index (χ4n) is 4.28. The zero-order chi connectivity index (χ0) is 22.0. The van der Waals surface area contributed by atoms with Crippen LogP contribution in [0.3, 0.4) is 0 Å². The van der Waals surface area contributed by atoms with Gasteiger partial charge in [0.15, 0.2) is 6.61 Å². The Balaban J connectivity index is 1.35. The lowest BCUT2D eigenvalue weighted by Gasteiger charge is -2.33. The van der Waals surface area contributed by atoms with Crippen LogP contribution in [-0.2, 0) is 32.0 Å². The van der Waals surface area contributed by atoms with Crippen LogP contribution >= 0.6 is 0 Å². The number of aryl methyl sites for hydroxylation is 1. The number of carbonyl (C=O) groups is 4. The van der Waals surface area contributed by atoms with Gasteiger partial charge in [-0.25, -0.2) is 0 Å². The Labute approximate surface area is 180 Å². The summed E-state index contributed by atoms with van der Waals surface area (Å²) in [6.45, 7) is -0.934. The highest BCUT2D eigenvalue weighted by atomic mass is 16.5. The van der Waals surface area contributed by atoms with E-state index in [1.807, 2.05) is 18.2 Å². The van der Waals surface area contributed by atoms with E-state index >= 15 is 0 Å². The topological polar surface area (TPSA) is 84.0 Å². The predicted molar refractivity (Wildman–Crippen MR) is 112 cm³/mol. The van der Waals surface area contributed by atoms with Crippen molar-refractivity contribution in [3.63, 3.8) is 0 Å². The van der Waals surface area contributed by atoms with Crippen molar-refractivity contribution in [2.75, 3.05) is 20.2 Å². The number of likely N-dealkylation sites (N-methyl/N-ethyl adjacent to an activating group) is 1. The summed E-state index contributed by atoms with van der Waals surface area (Å²) in [6, 6.07) is 14.8. The van der Waals surface area contributed by atoms with Crippen LogP contribution in [0.4, 0.5) is 0 Å². The summed E-state index contributed by atoms with van der Waals surface area (Å²) in [5.41, 5.74) is 3.41. The lowest BCUT2D eigenvalue weighted by Crippen LogP contribution is -2.45. The smallest absolute Gasteiger partial charge is 0.326 e. The SMILES string of the molecule is CN(C(=O)COC(=O)CN1C(=O)Cc2ccccc2C1=O)[C@H]1CCCc2ccccc21. The number of hydrogen-bond donors (Lipinski definition) is 0. The summed E-state index contributed by atoms with van der Waals surface area (Å²) in [6.07, 6.45) is 2.88. The fraction of sp³-hybridized carbons (Fsp3) is 0.333. The van der Waals surface area contributed by atoms with Gasteiger partial charge in [0, 0.05) is 12.6 Å². The van der Waals surface area contributed by atoms with E-state index in [1.165, 1.54) is 5.56 Å². The molecule has 0 unspecified atom stereocenters. The van der Waals surface area contributed by atoms with Crippen LogP contribution in [0.15, 0.2) is 48.5 Å². The van der Waals surface area contributed by atoms with Gasteiger partial charge in [-0.1, -0.05) is 42.5 Å². The summed E-state index contributed by atoms with van der Waals surface area (Å²) in [7, 11) is 1.71. The van der Waals surface area contributed by atoms with Gasteiger partial charge in [0.2, 0.25) is 5.91 Å². The molecule has 2 aromatic rings. The first-order valence-corrected chi connectivity index (χ1v) is 10.4. The molecule has 1 heterocycles. The van der Waals surface area contributed by atoms with Gasteiger partial charge in [0.05, 0.1) is 12.5 Å². The molecule has 7 heteroatoms. The van der Waals surface area contributed by atoms with Crippen LogP contribution in [0.25, 0.3) is 0 Å². The van der Waals surface area contributed by atoms with Gasteiger partial charge in [0.25, 0.3) is 11.8 Å². The van der Waals surface area contributed by atoms with Crippen LogP contribution in [-0.4, -0.2) is 53.7 Å². The number of amides is 3. The fourth-order valence-corrected chi connectivity index (χ4v) is 4.28. The maximum absolute atomic E-state index is 12.6. The molecule has 1 aliphatic carbocycles. The number of nitrogens with zero attached hydrogens (tertiary/aromatic N) is 2. The van der Waals surface area contributed by atoms with Gasteiger partial charge in [-0.2, -0.15) is 0 Å². The Morgan fingerprint density at radius 1 is 1.06 bits per heavy atom. The van der Waals surface area contributed by atoms with Crippen molar-refractivity contribution < 1.29 is 23.9 Å². The summed E-state index contributed by atoms with van der Waals surface area (Å²) in [5, 5.41) is 0. The van der Waals surface area contributed by atoms with Crippen molar-refractivity contribution in [2.45, 2.75) is 31.7 Å². The van der Waals surface area contributed by atoms with E-state index in [0.717, 1.165) is 29.7 Å². The molecular formula is C24H24N2O5. The molecule has 2 aromatic carbocycles. The van der Waals surface area contributed by atoms with Crippen LogP contribution in [0.2, 0.25) is 0 Å².